The zero-order valence-electron chi connectivity index (χ0n) is 10.0. The van der Waals surface area contributed by atoms with Gasteiger partial charge in [0.2, 0.25) is 5.91 Å². The fourth-order valence-corrected chi connectivity index (χ4v) is 1.80. The fraction of sp³-hybridized carbons (Fsp3) is 0.231. The number of benzene rings is 1. The highest BCUT2D eigenvalue weighted by Gasteiger charge is 2.07. The molecule has 0 fully saturated rings. The summed E-state index contributed by atoms with van der Waals surface area (Å²) < 4.78 is 0. The molecule has 5 heteroatoms. The lowest BCUT2D eigenvalue weighted by Gasteiger charge is -2.09. The molecule has 0 aliphatic carbocycles. The summed E-state index contributed by atoms with van der Waals surface area (Å²) in [5.41, 5.74) is 2.60. The van der Waals surface area contributed by atoms with Crippen LogP contribution in [0.3, 0.4) is 0 Å². The molecule has 0 atom stereocenters. The van der Waals surface area contributed by atoms with Gasteiger partial charge in [0.15, 0.2) is 0 Å². The van der Waals surface area contributed by atoms with Crippen molar-refractivity contribution in [2.45, 2.75) is 19.8 Å². The van der Waals surface area contributed by atoms with E-state index in [1.807, 2.05) is 19.1 Å². The van der Waals surface area contributed by atoms with Gasteiger partial charge in [-0.2, -0.15) is 0 Å². The van der Waals surface area contributed by atoms with Crippen molar-refractivity contribution in [1.82, 2.24) is 9.97 Å². The Morgan fingerprint density at radius 3 is 3.06 bits per heavy atom. The van der Waals surface area contributed by atoms with Gasteiger partial charge in [-0.05, 0) is 31.0 Å². The molecule has 2 N–H and O–H groups in total. The average molecular weight is 264 g/mol. The van der Waals surface area contributed by atoms with E-state index in [2.05, 4.69) is 15.3 Å². The minimum Gasteiger partial charge on any atom is -0.348 e. The van der Waals surface area contributed by atoms with Crippen molar-refractivity contribution in [3.63, 3.8) is 0 Å². The van der Waals surface area contributed by atoms with Crippen LogP contribution in [-0.2, 0) is 11.2 Å². The molecule has 0 saturated carbocycles. The Morgan fingerprint density at radius 2 is 2.33 bits per heavy atom. The van der Waals surface area contributed by atoms with Gasteiger partial charge in [0.1, 0.15) is 0 Å². The molecule has 0 aliphatic heterocycles. The van der Waals surface area contributed by atoms with Gasteiger partial charge in [0, 0.05) is 29.0 Å². The maximum atomic E-state index is 11.8. The van der Waals surface area contributed by atoms with Crippen LogP contribution in [0, 0.1) is 6.92 Å². The second kappa shape index (κ2) is 5.69. The number of anilines is 1. The zero-order valence-corrected chi connectivity index (χ0v) is 10.8. The number of carbonyl (C=O) groups is 1. The van der Waals surface area contributed by atoms with Crippen molar-refractivity contribution in [2.75, 3.05) is 5.32 Å². The minimum atomic E-state index is -0.0324. The number of aryl methyl sites for hydroxylation is 1. The number of amides is 1. The first-order valence-corrected chi connectivity index (χ1v) is 6.07. The Bertz CT molecular complexity index is 537. The molecule has 94 valence electrons. The normalized spacial score (nSPS) is 10.3. The average Bonchev–Trinajstić information content (AvgIpc) is 2.86. The number of rotatable bonds is 4. The Hall–Kier alpha value is -1.81. The second-order valence-electron chi connectivity index (χ2n) is 4.04. The third kappa shape index (κ3) is 3.11. The smallest absolute Gasteiger partial charge is 0.224 e. The Morgan fingerprint density at radius 1 is 1.50 bits per heavy atom. The van der Waals surface area contributed by atoms with Gasteiger partial charge < -0.3 is 10.3 Å². The number of aromatic nitrogens is 2. The summed E-state index contributed by atoms with van der Waals surface area (Å²) in [7, 11) is 0. The highest BCUT2D eigenvalue weighted by atomic mass is 35.5. The molecule has 0 unspecified atom stereocenters. The van der Waals surface area contributed by atoms with E-state index in [1.54, 1.807) is 18.6 Å². The van der Waals surface area contributed by atoms with E-state index in [9.17, 15) is 4.79 Å². The number of carbonyl (C=O) groups excluding carboxylic acids is 1. The van der Waals surface area contributed by atoms with Crippen LogP contribution in [-0.4, -0.2) is 15.9 Å². The molecule has 0 saturated heterocycles. The lowest BCUT2D eigenvalue weighted by atomic mass is 10.2. The van der Waals surface area contributed by atoms with Crippen LogP contribution in [0.2, 0.25) is 5.02 Å². The molecule has 2 rings (SSSR count). The van der Waals surface area contributed by atoms with Crippen LogP contribution in [0.4, 0.5) is 5.69 Å². The van der Waals surface area contributed by atoms with Gasteiger partial charge >= 0.3 is 0 Å². The highest BCUT2D eigenvalue weighted by molar-refractivity contribution is 6.31. The monoisotopic (exact) mass is 263 g/mol. The molecule has 18 heavy (non-hydrogen) atoms. The predicted molar refractivity (Wildman–Crippen MR) is 71.7 cm³/mol. The molecule has 0 bridgehead atoms. The van der Waals surface area contributed by atoms with Crippen LogP contribution < -0.4 is 5.32 Å². The van der Waals surface area contributed by atoms with E-state index in [-0.39, 0.29) is 5.91 Å². The van der Waals surface area contributed by atoms with Crippen molar-refractivity contribution in [3.05, 3.63) is 47.0 Å². The van der Waals surface area contributed by atoms with E-state index in [4.69, 9.17) is 11.6 Å². The van der Waals surface area contributed by atoms with Crippen LogP contribution in [0.1, 0.15) is 17.7 Å². The van der Waals surface area contributed by atoms with Crippen LogP contribution in [0.15, 0.2) is 30.7 Å². The van der Waals surface area contributed by atoms with Crippen molar-refractivity contribution < 1.29 is 4.79 Å². The summed E-state index contributed by atoms with van der Waals surface area (Å²) in [6.07, 6.45) is 4.38. The molecule has 1 aromatic carbocycles. The molecule has 1 heterocycles. The number of imidazole rings is 1. The molecule has 0 radical (unpaired) electrons. The maximum absolute atomic E-state index is 11.8. The third-order valence-corrected chi connectivity index (χ3v) is 3.13. The molecule has 1 aromatic heterocycles. The van der Waals surface area contributed by atoms with E-state index >= 15 is 0 Å². The third-order valence-electron chi connectivity index (χ3n) is 2.72. The Labute approximate surface area is 110 Å². The van der Waals surface area contributed by atoms with Gasteiger partial charge in [0.25, 0.3) is 0 Å². The van der Waals surface area contributed by atoms with Crippen LogP contribution in [0.25, 0.3) is 0 Å². The number of aromatic amines is 1. The number of hydrogen-bond donors (Lipinski definition) is 2. The molecule has 1 amide bonds. The van der Waals surface area contributed by atoms with Gasteiger partial charge in [-0.25, -0.2) is 4.98 Å². The lowest BCUT2D eigenvalue weighted by molar-refractivity contribution is -0.116. The van der Waals surface area contributed by atoms with Crippen molar-refractivity contribution in [3.8, 4) is 0 Å². The number of nitrogens with one attached hydrogen (secondary N) is 2. The van der Waals surface area contributed by atoms with E-state index in [0.717, 1.165) is 16.9 Å². The molecular formula is C13H14ClN3O. The van der Waals surface area contributed by atoms with Gasteiger partial charge in [0.05, 0.1) is 6.33 Å². The summed E-state index contributed by atoms with van der Waals surface area (Å²) in [4.78, 5) is 18.7. The quantitative estimate of drug-likeness (QED) is 0.891. The first-order valence-electron chi connectivity index (χ1n) is 5.69. The maximum Gasteiger partial charge on any atom is 0.224 e. The minimum absolute atomic E-state index is 0.0324. The van der Waals surface area contributed by atoms with E-state index in [1.165, 1.54) is 0 Å². The van der Waals surface area contributed by atoms with Crippen molar-refractivity contribution in [2.24, 2.45) is 0 Å². The number of halogens is 1. The summed E-state index contributed by atoms with van der Waals surface area (Å²) in [5, 5.41) is 3.51. The van der Waals surface area contributed by atoms with Gasteiger partial charge in [-0.1, -0.05) is 17.7 Å². The number of nitrogens with zero attached hydrogens (tertiary/aromatic N) is 1. The van der Waals surface area contributed by atoms with Crippen molar-refractivity contribution in [1.29, 1.82) is 0 Å². The van der Waals surface area contributed by atoms with Gasteiger partial charge in [-0.3, -0.25) is 4.79 Å². The standard InChI is InChI=1S/C13H14ClN3O/c1-9-11(14)3-2-4-12(9)17-13(18)6-5-10-7-15-8-16-10/h2-4,7-8H,5-6H2,1H3,(H,15,16)(H,17,18). The topological polar surface area (TPSA) is 57.8 Å². The van der Waals surface area contributed by atoms with Crippen molar-refractivity contribution >= 4 is 23.2 Å². The van der Waals surface area contributed by atoms with Gasteiger partial charge in [-0.15, -0.1) is 0 Å². The lowest BCUT2D eigenvalue weighted by Crippen LogP contribution is -2.13. The second-order valence-corrected chi connectivity index (χ2v) is 4.44. The SMILES string of the molecule is Cc1c(Cl)cccc1NC(=O)CCc1cnc[nH]1. The summed E-state index contributed by atoms with van der Waals surface area (Å²) in [5.74, 6) is -0.0324. The Balaban J connectivity index is 1.93. The first kappa shape index (κ1) is 12.6. The highest BCUT2D eigenvalue weighted by Crippen LogP contribution is 2.23. The zero-order chi connectivity index (χ0) is 13.0. The van der Waals surface area contributed by atoms with Crippen LogP contribution in [0.5, 0.6) is 0 Å². The molecular weight excluding hydrogens is 250 g/mol. The van der Waals surface area contributed by atoms with Crippen LogP contribution >= 0.6 is 11.6 Å². The fourth-order valence-electron chi connectivity index (χ4n) is 1.63. The molecule has 2 aromatic rings. The Kier molecular flexibility index (Phi) is 3.99. The van der Waals surface area contributed by atoms with E-state index in [0.29, 0.717) is 17.9 Å². The summed E-state index contributed by atoms with van der Waals surface area (Å²) >= 11 is 5.99. The molecule has 0 spiro atoms. The predicted octanol–water partition coefficient (Wildman–Crippen LogP) is 2.94. The van der Waals surface area contributed by atoms with E-state index < -0.39 is 0 Å². The summed E-state index contributed by atoms with van der Waals surface area (Å²) in [6.45, 7) is 1.88. The number of hydrogen-bond acceptors (Lipinski definition) is 2. The summed E-state index contributed by atoms with van der Waals surface area (Å²) in [6, 6.07) is 5.46. The first-order chi connectivity index (χ1) is 8.66. The number of H-pyrrole nitrogens is 1. The molecule has 0 aliphatic rings. The largest absolute Gasteiger partial charge is 0.348 e. The molecule has 4 nitrogen and oxygen atoms in total.